The fourth-order valence-electron chi connectivity index (χ4n) is 3.23. The summed E-state index contributed by atoms with van der Waals surface area (Å²) in [5.41, 5.74) is 0.408. The van der Waals surface area contributed by atoms with Gasteiger partial charge in [0.15, 0.2) is 11.5 Å². The fraction of sp³-hybridized carbons (Fsp3) is 0.588. The molecule has 8 heteroatoms. The van der Waals surface area contributed by atoms with Gasteiger partial charge in [0.2, 0.25) is 15.9 Å². The highest BCUT2D eigenvalue weighted by Gasteiger charge is 2.27. The van der Waals surface area contributed by atoms with Crippen LogP contribution in [0.4, 0.5) is 5.69 Å². The minimum Gasteiger partial charge on any atom is -0.486 e. The average Bonchev–Trinajstić information content (AvgIpc) is 2.58. The number of carbonyl (C=O) groups excluding carboxylic acids is 1. The fourth-order valence-corrected chi connectivity index (χ4v) is 4.07. The van der Waals surface area contributed by atoms with E-state index in [1.54, 1.807) is 23.1 Å². The maximum Gasteiger partial charge on any atom is 0.243 e. The minimum atomic E-state index is -3.60. The van der Waals surface area contributed by atoms with Gasteiger partial charge in [-0.15, -0.1) is 0 Å². The molecule has 2 aliphatic heterocycles. The van der Waals surface area contributed by atoms with E-state index in [0.29, 0.717) is 49.4 Å². The van der Waals surface area contributed by atoms with E-state index in [-0.39, 0.29) is 12.5 Å². The normalized spacial score (nSPS) is 20.2. The monoisotopic (exact) mass is 368 g/mol. The van der Waals surface area contributed by atoms with Gasteiger partial charge in [-0.1, -0.05) is 6.92 Å². The maximum absolute atomic E-state index is 12.6. The Morgan fingerprint density at radius 1 is 1.28 bits per heavy atom. The molecular formula is C17H24N2O5S. The summed E-state index contributed by atoms with van der Waals surface area (Å²) in [4.78, 5) is 14.4. The van der Waals surface area contributed by atoms with Crippen LogP contribution < -0.4 is 13.8 Å². The Kier molecular flexibility index (Phi) is 5.08. The number of nitrogens with zero attached hydrogens (tertiary/aromatic N) is 2. The first kappa shape index (κ1) is 17.8. The predicted molar refractivity (Wildman–Crippen MR) is 94.6 cm³/mol. The van der Waals surface area contributed by atoms with Crippen molar-refractivity contribution in [1.29, 1.82) is 0 Å². The molecule has 2 heterocycles. The van der Waals surface area contributed by atoms with Crippen molar-refractivity contribution in [3.05, 3.63) is 18.2 Å². The Morgan fingerprint density at radius 3 is 2.68 bits per heavy atom. The van der Waals surface area contributed by atoms with Crippen molar-refractivity contribution in [3.63, 3.8) is 0 Å². The minimum absolute atomic E-state index is 0.174. The Balaban J connectivity index is 1.82. The van der Waals surface area contributed by atoms with E-state index in [4.69, 9.17) is 9.47 Å². The van der Waals surface area contributed by atoms with Crippen LogP contribution in [0.1, 0.15) is 19.8 Å². The molecule has 0 radical (unpaired) electrons. The van der Waals surface area contributed by atoms with E-state index in [1.165, 1.54) is 0 Å². The third-order valence-electron chi connectivity index (χ3n) is 4.50. The van der Waals surface area contributed by atoms with Crippen LogP contribution in [0.15, 0.2) is 18.2 Å². The molecule has 0 unspecified atom stereocenters. The van der Waals surface area contributed by atoms with Crippen molar-refractivity contribution in [2.75, 3.05) is 43.4 Å². The second-order valence-corrected chi connectivity index (χ2v) is 8.59. The van der Waals surface area contributed by atoms with Gasteiger partial charge in [-0.25, -0.2) is 8.42 Å². The topological polar surface area (TPSA) is 76.2 Å². The van der Waals surface area contributed by atoms with Gasteiger partial charge in [-0.3, -0.25) is 9.10 Å². The highest BCUT2D eigenvalue weighted by Crippen LogP contribution is 2.34. The summed E-state index contributed by atoms with van der Waals surface area (Å²) < 4.78 is 36.6. The molecule has 1 aromatic rings. The molecule has 0 bridgehead atoms. The molecular weight excluding hydrogens is 344 g/mol. The zero-order valence-corrected chi connectivity index (χ0v) is 15.4. The zero-order chi connectivity index (χ0) is 18.0. The molecule has 0 N–H and O–H groups in total. The van der Waals surface area contributed by atoms with Crippen LogP contribution in [0, 0.1) is 5.92 Å². The zero-order valence-electron chi connectivity index (χ0n) is 14.6. The molecule has 1 fully saturated rings. The molecule has 2 aliphatic rings. The van der Waals surface area contributed by atoms with Crippen molar-refractivity contribution in [2.45, 2.75) is 19.8 Å². The van der Waals surface area contributed by atoms with Gasteiger partial charge in [-0.05, 0) is 30.9 Å². The number of amides is 1. The molecule has 0 spiro atoms. The van der Waals surface area contributed by atoms with E-state index < -0.39 is 10.0 Å². The smallest absolute Gasteiger partial charge is 0.243 e. The average molecular weight is 368 g/mol. The van der Waals surface area contributed by atoms with Crippen LogP contribution in [-0.4, -0.2) is 58.3 Å². The second-order valence-electron chi connectivity index (χ2n) is 6.68. The molecule has 1 aromatic carbocycles. The Bertz CT molecular complexity index is 749. The summed E-state index contributed by atoms with van der Waals surface area (Å²) in [7, 11) is -3.60. The van der Waals surface area contributed by atoms with Crippen LogP contribution in [0.25, 0.3) is 0 Å². The number of ether oxygens (including phenoxy) is 2. The highest BCUT2D eigenvalue weighted by atomic mass is 32.2. The lowest BCUT2D eigenvalue weighted by molar-refractivity contribution is -0.131. The lowest BCUT2D eigenvalue weighted by atomic mass is 10.0. The van der Waals surface area contributed by atoms with Gasteiger partial charge >= 0.3 is 0 Å². The first-order valence-electron chi connectivity index (χ1n) is 8.50. The molecule has 25 heavy (non-hydrogen) atoms. The maximum atomic E-state index is 12.6. The predicted octanol–water partition coefficient (Wildman–Crippen LogP) is 1.48. The van der Waals surface area contributed by atoms with Gasteiger partial charge in [0, 0.05) is 19.2 Å². The summed E-state index contributed by atoms with van der Waals surface area (Å²) in [5.74, 6) is 1.35. The van der Waals surface area contributed by atoms with Gasteiger partial charge in [-0.2, -0.15) is 0 Å². The number of hydrogen-bond donors (Lipinski definition) is 0. The third kappa shape index (κ3) is 4.18. The first-order valence-corrected chi connectivity index (χ1v) is 10.3. The number of sulfonamides is 1. The van der Waals surface area contributed by atoms with Crippen molar-refractivity contribution >= 4 is 21.6 Å². The van der Waals surface area contributed by atoms with Crippen molar-refractivity contribution in [1.82, 2.24) is 4.90 Å². The molecule has 0 aromatic heterocycles. The van der Waals surface area contributed by atoms with Crippen LogP contribution >= 0.6 is 0 Å². The number of hydrogen-bond acceptors (Lipinski definition) is 5. The SMILES string of the molecule is C[C@H]1CCCN(C(=O)CN(c2ccc3c(c2)OCCO3)S(C)(=O)=O)C1. The van der Waals surface area contributed by atoms with Gasteiger partial charge in [0.05, 0.1) is 11.9 Å². The Morgan fingerprint density at radius 2 is 2.00 bits per heavy atom. The molecule has 1 saturated heterocycles. The highest BCUT2D eigenvalue weighted by molar-refractivity contribution is 7.92. The van der Waals surface area contributed by atoms with Gasteiger partial charge in [0.25, 0.3) is 0 Å². The van der Waals surface area contributed by atoms with Crippen LogP contribution in [0.2, 0.25) is 0 Å². The van der Waals surface area contributed by atoms with Gasteiger partial charge in [0.1, 0.15) is 19.8 Å². The van der Waals surface area contributed by atoms with E-state index in [1.807, 2.05) is 0 Å². The Hall–Kier alpha value is -1.96. The van der Waals surface area contributed by atoms with E-state index in [2.05, 4.69) is 6.92 Å². The summed E-state index contributed by atoms with van der Waals surface area (Å²) in [6.07, 6.45) is 3.16. The summed E-state index contributed by atoms with van der Waals surface area (Å²) >= 11 is 0. The number of likely N-dealkylation sites (tertiary alicyclic amines) is 1. The number of anilines is 1. The molecule has 3 rings (SSSR count). The summed E-state index contributed by atoms with van der Waals surface area (Å²) in [6.45, 7) is 4.15. The largest absolute Gasteiger partial charge is 0.486 e. The summed E-state index contributed by atoms with van der Waals surface area (Å²) in [6, 6.07) is 4.93. The summed E-state index contributed by atoms with van der Waals surface area (Å²) in [5, 5.41) is 0. The number of fused-ring (bicyclic) bond motifs is 1. The lowest BCUT2D eigenvalue weighted by Crippen LogP contribution is -2.46. The third-order valence-corrected chi connectivity index (χ3v) is 5.64. The molecule has 138 valence electrons. The number of rotatable bonds is 4. The van der Waals surface area contributed by atoms with E-state index in [9.17, 15) is 13.2 Å². The molecule has 1 amide bonds. The van der Waals surface area contributed by atoms with Crippen LogP contribution in [-0.2, 0) is 14.8 Å². The van der Waals surface area contributed by atoms with E-state index >= 15 is 0 Å². The van der Waals surface area contributed by atoms with Crippen LogP contribution in [0.3, 0.4) is 0 Å². The molecule has 1 atom stereocenters. The van der Waals surface area contributed by atoms with Gasteiger partial charge < -0.3 is 14.4 Å². The number of piperidine rings is 1. The first-order chi connectivity index (χ1) is 11.8. The Labute approximate surface area is 148 Å². The molecule has 7 nitrogen and oxygen atoms in total. The lowest BCUT2D eigenvalue weighted by Gasteiger charge is -2.33. The quantitative estimate of drug-likeness (QED) is 0.805. The van der Waals surface area contributed by atoms with Crippen molar-refractivity contribution in [2.24, 2.45) is 5.92 Å². The van der Waals surface area contributed by atoms with Crippen molar-refractivity contribution < 1.29 is 22.7 Å². The van der Waals surface area contributed by atoms with Crippen molar-refractivity contribution in [3.8, 4) is 11.5 Å². The number of carbonyl (C=O) groups is 1. The van der Waals surface area contributed by atoms with E-state index in [0.717, 1.165) is 23.4 Å². The standard InChI is InChI=1S/C17H24N2O5S/c1-13-4-3-7-18(11-13)17(20)12-19(25(2,21)22)14-5-6-15-16(10-14)24-9-8-23-15/h5-6,10,13H,3-4,7-9,11-12H2,1-2H3/t13-/m0/s1. The van der Waals surface area contributed by atoms with Crippen LogP contribution in [0.5, 0.6) is 11.5 Å². The molecule has 0 saturated carbocycles. The number of benzene rings is 1. The molecule has 0 aliphatic carbocycles. The second kappa shape index (κ2) is 7.11.